The van der Waals surface area contributed by atoms with Gasteiger partial charge in [-0.15, -0.1) is 11.8 Å². The van der Waals surface area contributed by atoms with Gasteiger partial charge in [0.25, 0.3) is 0 Å². The van der Waals surface area contributed by atoms with E-state index < -0.39 is 0 Å². The van der Waals surface area contributed by atoms with Gasteiger partial charge in [0.2, 0.25) is 0 Å². The van der Waals surface area contributed by atoms with Gasteiger partial charge in [-0.2, -0.15) is 0 Å². The number of benzene rings is 2. The molecule has 0 amide bonds. The largest absolute Gasteiger partial charge is 0.298 e. The second-order valence-corrected chi connectivity index (χ2v) is 3.99. The van der Waals surface area contributed by atoms with Crippen molar-refractivity contribution in [3.05, 3.63) is 41.7 Å². The molecule has 0 atom stereocenters. The summed E-state index contributed by atoms with van der Waals surface area (Å²) >= 11 is 1.31. The maximum atomic E-state index is 13.8. The lowest BCUT2D eigenvalue weighted by molar-refractivity contribution is 0.112. The number of halogens is 1. The Morgan fingerprint density at radius 1 is 1.27 bits per heavy atom. The van der Waals surface area contributed by atoms with E-state index in [9.17, 15) is 9.18 Å². The van der Waals surface area contributed by atoms with E-state index >= 15 is 0 Å². The predicted octanol–water partition coefficient (Wildman–Crippen LogP) is 3.51. The van der Waals surface area contributed by atoms with Crippen LogP contribution in [0, 0.1) is 5.82 Å². The number of hydrogen-bond acceptors (Lipinski definition) is 2. The minimum Gasteiger partial charge on any atom is -0.298 e. The van der Waals surface area contributed by atoms with Gasteiger partial charge in [-0.3, -0.25) is 4.79 Å². The smallest absolute Gasteiger partial charge is 0.150 e. The third-order valence-electron chi connectivity index (χ3n) is 2.32. The topological polar surface area (TPSA) is 17.1 Å². The average Bonchev–Trinajstić information content (AvgIpc) is 2.30. The third kappa shape index (κ3) is 1.63. The van der Waals surface area contributed by atoms with Crippen LogP contribution in [0.4, 0.5) is 4.39 Å². The van der Waals surface area contributed by atoms with Crippen molar-refractivity contribution in [2.45, 2.75) is 4.90 Å². The van der Waals surface area contributed by atoms with Crippen molar-refractivity contribution in [3.63, 3.8) is 0 Å². The summed E-state index contributed by atoms with van der Waals surface area (Å²) in [5, 5.41) is 1.18. The predicted molar refractivity (Wildman–Crippen MR) is 61.1 cm³/mol. The van der Waals surface area contributed by atoms with Crippen molar-refractivity contribution in [2.24, 2.45) is 0 Å². The minimum absolute atomic E-state index is 0.247. The standard InChI is InChI=1S/C12H9FOS/c1-15-11-6-8(7-14)9-4-2-3-5-10(9)12(11)13/h2-7H,1H3. The number of fused-ring (bicyclic) bond motifs is 1. The van der Waals surface area contributed by atoms with Crippen LogP contribution in [-0.4, -0.2) is 12.5 Å². The van der Waals surface area contributed by atoms with E-state index in [0.717, 1.165) is 6.29 Å². The van der Waals surface area contributed by atoms with E-state index in [1.165, 1.54) is 11.8 Å². The zero-order valence-corrected chi connectivity index (χ0v) is 8.98. The van der Waals surface area contributed by atoms with Gasteiger partial charge in [-0.25, -0.2) is 4.39 Å². The summed E-state index contributed by atoms with van der Waals surface area (Å²) in [6, 6.07) is 8.61. The van der Waals surface area contributed by atoms with Crippen LogP contribution >= 0.6 is 11.8 Å². The van der Waals surface area contributed by atoms with Crippen molar-refractivity contribution >= 4 is 28.8 Å². The Kier molecular flexibility index (Phi) is 2.73. The van der Waals surface area contributed by atoms with Crippen LogP contribution in [0.1, 0.15) is 10.4 Å². The molecule has 0 aliphatic rings. The molecule has 0 aromatic heterocycles. The number of hydrogen-bond donors (Lipinski definition) is 0. The molecule has 0 bridgehead atoms. The number of carbonyl (C=O) groups is 1. The molecular formula is C12H9FOS. The number of aldehydes is 1. The third-order valence-corrected chi connectivity index (χ3v) is 3.06. The van der Waals surface area contributed by atoms with Crippen LogP contribution in [0.5, 0.6) is 0 Å². The lowest BCUT2D eigenvalue weighted by Crippen LogP contribution is -1.90. The van der Waals surface area contributed by atoms with Gasteiger partial charge in [0.15, 0.2) is 6.29 Å². The van der Waals surface area contributed by atoms with Crippen LogP contribution in [0.3, 0.4) is 0 Å². The van der Waals surface area contributed by atoms with E-state index in [-0.39, 0.29) is 5.82 Å². The first-order valence-electron chi connectivity index (χ1n) is 4.48. The summed E-state index contributed by atoms with van der Waals surface area (Å²) in [6.07, 6.45) is 2.56. The molecule has 0 radical (unpaired) electrons. The lowest BCUT2D eigenvalue weighted by atomic mass is 10.1. The van der Waals surface area contributed by atoms with E-state index in [4.69, 9.17) is 0 Å². The summed E-state index contributed by atoms with van der Waals surface area (Å²) in [7, 11) is 0. The van der Waals surface area contributed by atoms with Gasteiger partial charge < -0.3 is 0 Å². The molecule has 3 heteroatoms. The molecular weight excluding hydrogens is 211 g/mol. The molecule has 0 saturated carbocycles. The van der Waals surface area contributed by atoms with E-state index in [0.29, 0.717) is 21.2 Å². The molecule has 0 spiro atoms. The molecule has 15 heavy (non-hydrogen) atoms. The summed E-state index contributed by atoms with van der Waals surface area (Å²) in [4.78, 5) is 11.4. The second kappa shape index (κ2) is 4.03. The van der Waals surface area contributed by atoms with Crippen molar-refractivity contribution in [2.75, 3.05) is 6.26 Å². The SMILES string of the molecule is CSc1cc(C=O)c2ccccc2c1F. The van der Waals surface area contributed by atoms with Crippen molar-refractivity contribution in [3.8, 4) is 0 Å². The average molecular weight is 220 g/mol. The molecule has 2 rings (SSSR count). The fourth-order valence-electron chi connectivity index (χ4n) is 1.59. The molecule has 2 aromatic carbocycles. The molecule has 0 aliphatic carbocycles. The van der Waals surface area contributed by atoms with Gasteiger partial charge in [0.05, 0.1) is 0 Å². The fraction of sp³-hybridized carbons (Fsp3) is 0.0833. The zero-order valence-electron chi connectivity index (χ0n) is 8.16. The first-order chi connectivity index (χ1) is 7.27. The van der Waals surface area contributed by atoms with E-state index in [2.05, 4.69) is 0 Å². The Hall–Kier alpha value is -1.35. The highest BCUT2D eigenvalue weighted by atomic mass is 32.2. The Balaban J connectivity index is 2.90. The van der Waals surface area contributed by atoms with Gasteiger partial charge in [0.1, 0.15) is 5.82 Å². The fourth-order valence-corrected chi connectivity index (χ4v) is 2.12. The minimum atomic E-state index is -0.247. The first kappa shape index (κ1) is 10.2. The van der Waals surface area contributed by atoms with E-state index in [1.54, 1.807) is 36.6 Å². The van der Waals surface area contributed by atoms with Gasteiger partial charge in [0, 0.05) is 15.8 Å². The zero-order chi connectivity index (χ0) is 10.8. The molecule has 0 heterocycles. The molecule has 2 aromatic rings. The van der Waals surface area contributed by atoms with Gasteiger partial charge >= 0.3 is 0 Å². The Morgan fingerprint density at radius 3 is 2.53 bits per heavy atom. The number of rotatable bonds is 2. The summed E-state index contributed by atoms with van der Waals surface area (Å²) in [6.45, 7) is 0. The van der Waals surface area contributed by atoms with Crippen molar-refractivity contribution < 1.29 is 9.18 Å². The van der Waals surface area contributed by atoms with Crippen molar-refractivity contribution in [1.82, 2.24) is 0 Å². The molecule has 0 unspecified atom stereocenters. The summed E-state index contributed by atoms with van der Waals surface area (Å²) in [5.41, 5.74) is 0.538. The van der Waals surface area contributed by atoms with Crippen LogP contribution in [0.25, 0.3) is 10.8 Å². The second-order valence-electron chi connectivity index (χ2n) is 3.15. The van der Waals surface area contributed by atoms with Gasteiger partial charge in [-0.05, 0) is 17.7 Å². The maximum Gasteiger partial charge on any atom is 0.150 e. The van der Waals surface area contributed by atoms with Crippen LogP contribution in [-0.2, 0) is 0 Å². The van der Waals surface area contributed by atoms with E-state index in [1.807, 2.05) is 0 Å². The van der Waals surface area contributed by atoms with Crippen LogP contribution in [0.2, 0.25) is 0 Å². The molecule has 0 aliphatic heterocycles. The molecule has 0 saturated heterocycles. The highest BCUT2D eigenvalue weighted by Crippen LogP contribution is 2.29. The molecule has 0 fully saturated rings. The first-order valence-corrected chi connectivity index (χ1v) is 5.71. The monoisotopic (exact) mass is 220 g/mol. The highest BCUT2D eigenvalue weighted by Gasteiger charge is 2.10. The lowest BCUT2D eigenvalue weighted by Gasteiger charge is -2.06. The Bertz CT molecular complexity index is 522. The maximum absolute atomic E-state index is 13.8. The summed E-state index contributed by atoms with van der Waals surface area (Å²) < 4.78 is 13.8. The highest BCUT2D eigenvalue weighted by molar-refractivity contribution is 7.98. The van der Waals surface area contributed by atoms with Crippen molar-refractivity contribution in [1.29, 1.82) is 0 Å². The number of carbonyl (C=O) groups excluding carboxylic acids is 1. The molecule has 76 valence electrons. The molecule has 1 nitrogen and oxygen atoms in total. The van der Waals surface area contributed by atoms with Crippen LogP contribution < -0.4 is 0 Å². The quantitative estimate of drug-likeness (QED) is 0.569. The van der Waals surface area contributed by atoms with Gasteiger partial charge in [-0.1, -0.05) is 24.3 Å². The Morgan fingerprint density at radius 2 is 1.93 bits per heavy atom. The summed E-state index contributed by atoms with van der Waals surface area (Å²) in [5.74, 6) is -0.247. The Labute approximate surface area is 91.3 Å². The normalized spacial score (nSPS) is 10.5. The molecule has 0 N–H and O–H groups in total. The van der Waals surface area contributed by atoms with Crippen LogP contribution in [0.15, 0.2) is 35.2 Å². The number of thioether (sulfide) groups is 1.